The topological polar surface area (TPSA) is 135 Å². The predicted molar refractivity (Wildman–Crippen MR) is 136 cm³/mol. The first-order valence-corrected chi connectivity index (χ1v) is 11.9. The molecule has 1 fully saturated rings. The van der Waals surface area contributed by atoms with Gasteiger partial charge in [-0.25, -0.2) is 4.79 Å². The summed E-state index contributed by atoms with van der Waals surface area (Å²) in [4.78, 5) is 49.4. The number of benzene rings is 2. The summed E-state index contributed by atoms with van der Waals surface area (Å²) in [5.74, 6) is -0.966. The van der Waals surface area contributed by atoms with Crippen LogP contribution in [0.2, 0.25) is 5.02 Å². The molecule has 2 atom stereocenters. The molecule has 3 aromatic rings. The number of piperidine rings is 1. The van der Waals surface area contributed by atoms with Gasteiger partial charge in [-0.05, 0) is 54.2 Å². The fourth-order valence-corrected chi connectivity index (χ4v) is 4.57. The molecule has 4 amide bonds. The number of hydrogen-bond donors (Lipinski definition) is 3. The highest BCUT2D eigenvalue weighted by molar-refractivity contribution is 6.31. The van der Waals surface area contributed by atoms with Crippen molar-refractivity contribution in [1.82, 2.24) is 25.6 Å². The van der Waals surface area contributed by atoms with Gasteiger partial charge in [0.15, 0.2) is 0 Å². The summed E-state index contributed by atoms with van der Waals surface area (Å²) in [6.07, 6.45) is 0.284. The number of imide groups is 1. The molecule has 0 spiro atoms. The maximum Gasteiger partial charge on any atom is 0.319 e. The van der Waals surface area contributed by atoms with E-state index < -0.39 is 29.6 Å². The van der Waals surface area contributed by atoms with Crippen LogP contribution in [0.4, 0.5) is 10.5 Å². The number of halogens is 1. The zero-order valence-corrected chi connectivity index (χ0v) is 21.1. The van der Waals surface area contributed by atoms with Crippen LogP contribution in [0.1, 0.15) is 63.7 Å². The number of carbonyl (C=O) groups is 3. The summed E-state index contributed by atoms with van der Waals surface area (Å²) in [6, 6.07) is 8.59. The van der Waals surface area contributed by atoms with Gasteiger partial charge >= 0.3 is 6.03 Å². The summed E-state index contributed by atoms with van der Waals surface area (Å²) in [5, 5.41) is 16.6. The molecule has 4 rings (SSSR count). The van der Waals surface area contributed by atoms with Crippen LogP contribution in [0.15, 0.2) is 41.2 Å². The second-order valence-corrected chi connectivity index (χ2v) is 10.3. The second-order valence-electron chi connectivity index (χ2n) is 9.85. The van der Waals surface area contributed by atoms with Crippen LogP contribution in [0, 0.1) is 0 Å². The van der Waals surface area contributed by atoms with Crippen LogP contribution in [0.25, 0.3) is 10.9 Å². The Labute approximate surface area is 212 Å². The molecule has 0 aliphatic carbocycles. The SMILES string of the molecule is CC(NC(=O)Nc1ccc(C(C)(C)C)c(Cl)c1)c1ccc2nnn(C3CCC(=O)NC3=O)c(=O)c2c1. The quantitative estimate of drug-likeness (QED) is 0.459. The van der Waals surface area contributed by atoms with E-state index in [-0.39, 0.29) is 29.6 Å². The van der Waals surface area contributed by atoms with Crippen LogP contribution >= 0.6 is 11.6 Å². The molecule has 11 heteroatoms. The van der Waals surface area contributed by atoms with Crippen molar-refractivity contribution in [2.75, 3.05) is 5.32 Å². The normalized spacial score (nSPS) is 17.0. The van der Waals surface area contributed by atoms with Gasteiger partial charge in [-0.2, -0.15) is 4.68 Å². The molecule has 0 radical (unpaired) electrons. The van der Waals surface area contributed by atoms with E-state index in [4.69, 9.17) is 11.6 Å². The molecule has 2 heterocycles. The molecule has 1 aliphatic heterocycles. The van der Waals surface area contributed by atoms with Gasteiger partial charge in [0.1, 0.15) is 11.6 Å². The van der Waals surface area contributed by atoms with Crippen molar-refractivity contribution in [1.29, 1.82) is 0 Å². The van der Waals surface area contributed by atoms with E-state index in [1.807, 2.05) is 6.07 Å². The molecule has 0 saturated carbocycles. The van der Waals surface area contributed by atoms with Crippen molar-refractivity contribution >= 4 is 46.0 Å². The number of nitrogens with one attached hydrogen (secondary N) is 3. The number of nitrogens with zero attached hydrogens (tertiary/aromatic N) is 3. The highest BCUT2D eigenvalue weighted by Gasteiger charge is 2.30. The number of rotatable bonds is 4. The molecule has 1 aliphatic rings. The van der Waals surface area contributed by atoms with Gasteiger partial charge in [0.05, 0.1) is 11.4 Å². The van der Waals surface area contributed by atoms with Crippen LogP contribution in [0.3, 0.4) is 0 Å². The maximum absolute atomic E-state index is 13.1. The lowest BCUT2D eigenvalue weighted by atomic mass is 9.87. The van der Waals surface area contributed by atoms with Gasteiger partial charge in [-0.15, -0.1) is 5.10 Å². The Morgan fingerprint density at radius 1 is 1.17 bits per heavy atom. The Morgan fingerprint density at radius 3 is 2.58 bits per heavy atom. The molecular weight excluding hydrogens is 484 g/mol. The lowest BCUT2D eigenvalue weighted by Crippen LogP contribution is -2.45. The minimum atomic E-state index is -0.909. The van der Waals surface area contributed by atoms with Gasteiger partial charge in [0.2, 0.25) is 5.91 Å². The van der Waals surface area contributed by atoms with Gasteiger partial charge in [0.25, 0.3) is 11.5 Å². The van der Waals surface area contributed by atoms with Crippen molar-refractivity contribution in [2.24, 2.45) is 0 Å². The molecule has 1 aromatic heterocycles. The van der Waals surface area contributed by atoms with E-state index in [9.17, 15) is 19.2 Å². The molecule has 36 heavy (non-hydrogen) atoms. The van der Waals surface area contributed by atoms with Crippen LogP contribution in [-0.4, -0.2) is 32.8 Å². The fourth-order valence-electron chi connectivity index (χ4n) is 4.11. The molecule has 1 saturated heterocycles. The Bertz CT molecular complexity index is 1430. The molecule has 10 nitrogen and oxygen atoms in total. The van der Waals surface area contributed by atoms with Crippen LogP contribution in [0.5, 0.6) is 0 Å². The second kappa shape index (κ2) is 9.69. The van der Waals surface area contributed by atoms with Crippen molar-refractivity contribution in [2.45, 2.75) is 58.0 Å². The fraction of sp³-hybridized carbons (Fsp3) is 0.360. The number of fused-ring (bicyclic) bond motifs is 1. The first-order valence-electron chi connectivity index (χ1n) is 11.5. The Morgan fingerprint density at radius 2 is 1.92 bits per heavy atom. The van der Waals surface area contributed by atoms with Crippen molar-refractivity contribution in [3.63, 3.8) is 0 Å². The molecule has 2 aromatic carbocycles. The summed E-state index contributed by atoms with van der Waals surface area (Å²) >= 11 is 6.40. The summed E-state index contributed by atoms with van der Waals surface area (Å²) in [7, 11) is 0. The minimum absolute atomic E-state index is 0.114. The van der Waals surface area contributed by atoms with E-state index in [1.54, 1.807) is 37.3 Å². The van der Waals surface area contributed by atoms with E-state index in [1.165, 1.54) is 0 Å². The smallest absolute Gasteiger partial charge is 0.319 e. The Kier molecular flexibility index (Phi) is 6.81. The largest absolute Gasteiger partial charge is 0.331 e. The zero-order chi connectivity index (χ0) is 26.2. The third-order valence-electron chi connectivity index (χ3n) is 6.10. The van der Waals surface area contributed by atoms with Gasteiger partial charge < -0.3 is 10.6 Å². The molecule has 0 bridgehead atoms. The van der Waals surface area contributed by atoms with E-state index >= 15 is 0 Å². The molecular formula is C25H27ClN6O4. The predicted octanol–water partition coefficient (Wildman–Crippen LogP) is 3.60. The number of carbonyl (C=O) groups excluding carboxylic acids is 3. The lowest BCUT2D eigenvalue weighted by Gasteiger charge is -2.22. The third-order valence-corrected chi connectivity index (χ3v) is 6.41. The van der Waals surface area contributed by atoms with Gasteiger partial charge in [-0.3, -0.25) is 19.7 Å². The van der Waals surface area contributed by atoms with Crippen LogP contribution < -0.4 is 21.5 Å². The lowest BCUT2D eigenvalue weighted by molar-refractivity contribution is -0.136. The number of amides is 4. The molecule has 2 unspecified atom stereocenters. The maximum atomic E-state index is 13.1. The summed E-state index contributed by atoms with van der Waals surface area (Å²) in [5.41, 5.74) is 1.94. The number of aromatic nitrogens is 3. The average molecular weight is 511 g/mol. The number of hydrogen-bond acceptors (Lipinski definition) is 6. The van der Waals surface area contributed by atoms with Crippen molar-refractivity contribution in [3.8, 4) is 0 Å². The summed E-state index contributed by atoms with van der Waals surface area (Å²) in [6.45, 7) is 7.96. The van der Waals surface area contributed by atoms with Gasteiger partial charge in [0, 0.05) is 17.1 Å². The van der Waals surface area contributed by atoms with Gasteiger partial charge in [-0.1, -0.05) is 49.7 Å². The average Bonchev–Trinajstić information content (AvgIpc) is 2.79. The number of urea groups is 1. The highest BCUT2D eigenvalue weighted by atomic mass is 35.5. The van der Waals surface area contributed by atoms with E-state index in [2.05, 4.69) is 47.0 Å². The summed E-state index contributed by atoms with van der Waals surface area (Å²) < 4.78 is 1.00. The highest BCUT2D eigenvalue weighted by Crippen LogP contribution is 2.31. The first-order chi connectivity index (χ1) is 16.9. The zero-order valence-electron chi connectivity index (χ0n) is 20.4. The Balaban J connectivity index is 1.52. The van der Waals surface area contributed by atoms with Crippen molar-refractivity contribution in [3.05, 3.63) is 62.9 Å². The van der Waals surface area contributed by atoms with E-state index in [0.717, 1.165) is 10.2 Å². The van der Waals surface area contributed by atoms with E-state index in [0.29, 0.717) is 21.8 Å². The molecule has 3 N–H and O–H groups in total. The standard InChI is InChI=1S/C25H27ClN6O4/c1-13(27-24(36)28-15-6-7-17(18(26)12-15)25(2,3)4)14-5-8-19-16(11-14)23(35)32(31-30-19)20-9-10-21(33)29-22(20)34/h5-8,11-13,20H,9-10H2,1-4H3,(H2,27,28,36)(H,29,33,34). The van der Waals surface area contributed by atoms with Crippen molar-refractivity contribution < 1.29 is 14.4 Å². The third kappa shape index (κ3) is 5.23. The molecule has 188 valence electrons. The number of anilines is 1. The first kappa shape index (κ1) is 25.3. The minimum Gasteiger partial charge on any atom is -0.331 e. The Hall–Kier alpha value is -3.79. The monoisotopic (exact) mass is 510 g/mol. The van der Waals surface area contributed by atoms with Crippen LogP contribution in [-0.2, 0) is 15.0 Å².